The van der Waals surface area contributed by atoms with Gasteiger partial charge >= 0.3 is 12.1 Å². The highest BCUT2D eigenvalue weighted by molar-refractivity contribution is 6.18. The average molecular weight is 241 g/mol. The Morgan fingerprint density at radius 1 is 1.35 bits per heavy atom. The third kappa shape index (κ3) is 1.43. The van der Waals surface area contributed by atoms with Gasteiger partial charge in [0.1, 0.15) is 0 Å². The van der Waals surface area contributed by atoms with Gasteiger partial charge in [-0.25, -0.2) is 9.59 Å². The Morgan fingerprint density at radius 2 is 2.00 bits per heavy atom. The third-order valence-electron chi connectivity index (χ3n) is 3.23. The number of Topliss-reactive ketones (excluding diaryl/α,β-unsaturated/α-hetero) is 1. The van der Waals surface area contributed by atoms with E-state index >= 15 is 0 Å². The molecule has 1 aliphatic carbocycles. The van der Waals surface area contributed by atoms with Gasteiger partial charge < -0.3 is 9.47 Å². The molecule has 17 heavy (non-hydrogen) atoms. The van der Waals surface area contributed by atoms with E-state index < -0.39 is 17.6 Å². The summed E-state index contributed by atoms with van der Waals surface area (Å²) in [6.45, 7) is 3.75. The van der Waals surface area contributed by atoms with Crippen LogP contribution in [0.2, 0.25) is 0 Å². The van der Waals surface area contributed by atoms with Crippen LogP contribution in [0.1, 0.15) is 26.7 Å². The number of rotatable bonds is 3. The molecular weight excluding hydrogens is 226 g/mol. The van der Waals surface area contributed by atoms with Crippen LogP contribution in [0.15, 0.2) is 0 Å². The van der Waals surface area contributed by atoms with E-state index in [2.05, 4.69) is 0 Å². The predicted molar refractivity (Wildman–Crippen MR) is 56.3 cm³/mol. The Bertz CT molecular complexity index is 380. The van der Waals surface area contributed by atoms with E-state index in [0.29, 0.717) is 12.8 Å². The second-order valence-corrected chi connectivity index (χ2v) is 4.03. The quantitative estimate of drug-likeness (QED) is 0.408. The summed E-state index contributed by atoms with van der Waals surface area (Å²) in [6.07, 6.45) is 0.217. The van der Waals surface area contributed by atoms with Gasteiger partial charge in [0.05, 0.1) is 19.3 Å². The molecule has 0 aromatic carbocycles. The van der Waals surface area contributed by atoms with E-state index in [1.165, 1.54) is 4.90 Å². The van der Waals surface area contributed by atoms with E-state index in [-0.39, 0.29) is 25.0 Å². The maximum atomic E-state index is 11.8. The van der Waals surface area contributed by atoms with Crippen molar-refractivity contribution in [1.82, 2.24) is 4.90 Å². The zero-order valence-corrected chi connectivity index (χ0v) is 9.89. The van der Waals surface area contributed by atoms with Crippen molar-refractivity contribution in [3.63, 3.8) is 0 Å². The number of hydrogen-bond donors (Lipinski definition) is 0. The maximum absolute atomic E-state index is 11.8. The molecule has 1 saturated carbocycles. The van der Waals surface area contributed by atoms with Gasteiger partial charge in [-0.1, -0.05) is 0 Å². The Morgan fingerprint density at radius 3 is 2.59 bits per heavy atom. The van der Waals surface area contributed by atoms with Crippen molar-refractivity contribution in [3.8, 4) is 0 Å². The molecule has 0 radical (unpaired) electrons. The number of amides is 1. The number of nitrogens with zero attached hydrogens (tertiary/aromatic N) is 1. The highest BCUT2D eigenvalue weighted by Crippen LogP contribution is 2.52. The molecule has 0 spiro atoms. The van der Waals surface area contributed by atoms with Crippen molar-refractivity contribution >= 4 is 17.8 Å². The summed E-state index contributed by atoms with van der Waals surface area (Å²) in [5, 5.41) is 0. The third-order valence-corrected chi connectivity index (χ3v) is 3.23. The molecule has 2 atom stereocenters. The number of fused-ring (bicyclic) bond motifs is 1. The van der Waals surface area contributed by atoms with E-state index in [1.54, 1.807) is 13.8 Å². The number of carbonyl (C=O) groups excluding carboxylic acids is 3. The van der Waals surface area contributed by atoms with Crippen LogP contribution >= 0.6 is 0 Å². The topological polar surface area (TPSA) is 72.7 Å². The summed E-state index contributed by atoms with van der Waals surface area (Å²) in [6, 6.07) is -0.368. The van der Waals surface area contributed by atoms with Gasteiger partial charge in [0.15, 0.2) is 5.78 Å². The lowest BCUT2D eigenvalue weighted by Gasteiger charge is -2.13. The number of likely N-dealkylation sites (tertiary alicyclic amines) is 1. The van der Waals surface area contributed by atoms with E-state index in [9.17, 15) is 14.4 Å². The molecule has 2 aliphatic rings. The standard InChI is InChI=1S/C11H15NO5/c1-3-16-9(14)11-7(5-6-8(11)13)12(11)10(15)17-4-2/h7H,3-6H2,1-2H3. The first-order valence-electron chi connectivity index (χ1n) is 5.77. The Hall–Kier alpha value is -1.59. The van der Waals surface area contributed by atoms with Gasteiger partial charge in [0, 0.05) is 6.42 Å². The first-order chi connectivity index (χ1) is 8.10. The van der Waals surface area contributed by atoms with Crippen molar-refractivity contribution in [2.45, 2.75) is 38.3 Å². The lowest BCUT2D eigenvalue weighted by molar-refractivity contribution is -0.150. The van der Waals surface area contributed by atoms with Gasteiger partial charge in [-0.05, 0) is 20.3 Å². The second-order valence-electron chi connectivity index (χ2n) is 4.03. The summed E-state index contributed by atoms with van der Waals surface area (Å²) >= 11 is 0. The van der Waals surface area contributed by atoms with Gasteiger partial charge in [-0.2, -0.15) is 0 Å². The minimum atomic E-state index is -1.37. The van der Waals surface area contributed by atoms with Crippen LogP contribution in [-0.4, -0.2) is 47.5 Å². The Labute approximate surface area is 98.8 Å². The molecule has 0 aromatic rings. The second kappa shape index (κ2) is 4.01. The zero-order valence-electron chi connectivity index (χ0n) is 9.89. The highest BCUT2D eigenvalue weighted by atomic mass is 16.6. The summed E-state index contributed by atoms with van der Waals surface area (Å²) in [4.78, 5) is 36.5. The van der Waals surface area contributed by atoms with Crippen molar-refractivity contribution in [1.29, 1.82) is 0 Å². The monoisotopic (exact) mass is 241 g/mol. The van der Waals surface area contributed by atoms with Crippen LogP contribution in [0.5, 0.6) is 0 Å². The molecule has 1 saturated heterocycles. The molecule has 1 heterocycles. The Balaban J connectivity index is 2.20. The maximum Gasteiger partial charge on any atom is 0.411 e. The number of hydrogen-bond acceptors (Lipinski definition) is 5. The fourth-order valence-electron chi connectivity index (χ4n) is 2.52. The number of ketones is 1. The summed E-state index contributed by atoms with van der Waals surface area (Å²) in [7, 11) is 0. The normalized spacial score (nSPS) is 29.9. The fraction of sp³-hybridized carbons (Fsp3) is 0.727. The number of piperidine rings is 1. The molecule has 1 aliphatic heterocycles. The van der Waals surface area contributed by atoms with Crippen molar-refractivity contribution < 1.29 is 23.9 Å². The molecule has 0 N–H and O–H groups in total. The first kappa shape index (κ1) is 11.9. The lowest BCUT2D eigenvalue weighted by atomic mass is 10.1. The van der Waals surface area contributed by atoms with Crippen LogP contribution in [0.3, 0.4) is 0 Å². The largest absolute Gasteiger partial charge is 0.464 e. The molecule has 0 aromatic heterocycles. The van der Waals surface area contributed by atoms with E-state index in [1.807, 2.05) is 0 Å². The smallest absolute Gasteiger partial charge is 0.411 e. The molecule has 0 bridgehead atoms. The van der Waals surface area contributed by atoms with Gasteiger partial charge in [-0.15, -0.1) is 0 Å². The van der Waals surface area contributed by atoms with Gasteiger partial charge in [-0.3, -0.25) is 9.69 Å². The van der Waals surface area contributed by atoms with Crippen LogP contribution in [0.25, 0.3) is 0 Å². The Kier molecular flexibility index (Phi) is 2.81. The SMILES string of the molecule is CCOC(=O)N1C2CCC(=O)C21C(=O)OCC. The zero-order chi connectivity index (χ0) is 12.6. The number of carbonyl (C=O) groups is 3. The molecule has 2 rings (SSSR count). The summed E-state index contributed by atoms with van der Waals surface area (Å²) in [5.41, 5.74) is -1.37. The fourth-order valence-corrected chi connectivity index (χ4v) is 2.52. The molecule has 2 unspecified atom stereocenters. The summed E-state index contributed by atoms with van der Waals surface area (Å²) < 4.78 is 9.72. The minimum Gasteiger partial charge on any atom is -0.464 e. The van der Waals surface area contributed by atoms with Crippen LogP contribution in [0, 0.1) is 0 Å². The number of esters is 1. The molecule has 1 amide bonds. The van der Waals surface area contributed by atoms with Crippen LogP contribution < -0.4 is 0 Å². The summed E-state index contributed by atoms with van der Waals surface area (Å²) in [5.74, 6) is -0.866. The lowest BCUT2D eigenvalue weighted by Crippen LogP contribution is -2.40. The predicted octanol–water partition coefficient (Wildman–Crippen LogP) is 0.492. The van der Waals surface area contributed by atoms with Crippen LogP contribution in [-0.2, 0) is 19.1 Å². The molecule has 6 heteroatoms. The van der Waals surface area contributed by atoms with Crippen molar-refractivity contribution in [3.05, 3.63) is 0 Å². The number of ether oxygens (including phenoxy) is 2. The molecular formula is C11H15NO5. The van der Waals surface area contributed by atoms with Gasteiger partial charge in [0.2, 0.25) is 5.54 Å². The van der Waals surface area contributed by atoms with Gasteiger partial charge in [0.25, 0.3) is 0 Å². The molecule has 2 fully saturated rings. The van der Waals surface area contributed by atoms with Crippen molar-refractivity contribution in [2.75, 3.05) is 13.2 Å². The average Bonchev–Trinajstić information content (AvgIpc) is 2.86. The highest BCUT2D eigenvalue weighted by Gasteiger charge is 2.79. The van der Waals surface area contributed by atoms with E-state index in [4.69, 9.17) is 9.47 Å². The van der Waals surface area contributed by atoms with E-state index in [0.717, 1.165) is 0 Å². The minimum absolute atomic E-state index is 0.192. The molecule has 6 nitrogen and oxygen atoms in total. The molecule has 94 valence electrons. The first-order valence-corrected chi connectivity index (χ1v) is 5.77. The van der Waals surface area contributed by atoms with Crippen molar-refractivity contribution in [2.24, 2.45) is 0 Å². The van der Waals surface area contributed by atoms with Crippen LogP contribution in [0.4, 0.5) is 4.79 Å².